The summed E-state index contributed by atoms with van der Waals surface area (Å²) in [6.07, 6.45) is 4.19. The van der Waals surface area contributed by atoms with Gasteiger partial charge in [0.05, 0.1) is 12.2 Å². The molecule has 7 rings (SSSR count). The number of piperidine rings is 3. The number of aromatic nitrogens is 5. The van der Waals surface area contributed by atoms with Crippen molar-refractivity contribution >= 4 is 28.5 Å². The first-order valence-corrected chi connectivity index (χ1v) is 13.8. The smallest absolute Gasteiger partial charge is 0.295 e. The number of allylic oxidation sites excluding steroid dienone is 1. The molecule has 4 aromatic rings. The predicted molar refractivity (Wildman–Crippen MR) is 153 cm³/mol. The summed E-state index contributed by atoms with van der Waals surface area (Å²) >= 11 is 0. The van der Waals surface area contributed by atoms with Crippen LogP contribution in [-0.2, 0) is 22.9 Å². The molecule has 12 heteroatoms. The third-order valence-corrected chi connectivity index (χ3v) is 7.97. The Morgan fingerprint density at radius 1 is 1.12 bits per heavy atom. The van der Waals surface area contributed by atoms with E-state index in [1.807, 2.05) is 0 Å². The Kier molecular flexibility index (Phi) is 6.77. The van der Waals surface area contributed by atoms with Gasteiger partial charge in [-0.1, -0.05) is 24.3 Å². The number of aliphatic hydroxyl groups is 1. The zero-order chi connectivity index (χ0) is 29.8. The van der Waals surface area contributed by atoms with Gasteiger partial charge in [0.1, 0.15) is 17.0 Å². The van der Waals surface area contributed by atoms with Crippen LogP contribution in [-0.4, -0.2) is 59.2 Å². The van der Waals surface area contributed by atoms with Crippen molar-refractivity contribution < 1.29 is 18.7 Å². The molecule has 3 aliphatic rings. The summed E-state index contributed by atoms with van der Waals surface area (Å²) in [6.45, 7) is 8.09. The topological polar surface area (TPSA) is 118 Å². The van der Waals surface area contributed by atoms with Crippen LogP contribution in [0.2, 0.25) is 0 Å². The van der Waals surface area contributed by atoms with Crippen molar-refractivity contribution in [2.75, 3.05) is 18.4 Å². The van der Waals surface area contributed by atoms with Crippen LogP contribution >= 0.6 is 0 Å². The third kappa shape index (κ3) is 4.70. The maximum Gasteiger partial charge on any atom is 0.295 e. The Morgan fingerprint density at radius 2 is 1.86 bits per heavy atom. The largest absolute Gasteiger partial charge is 0.384 e. The van der Waals surface area contributed by atoms with E-state index in [9.17, 15) is 14.7 Å². The maximum atomic E-state index is 15.8. The van der Waals surface area contributed by atoms with Crippen LogP contribution in [0.5, 0.6) is 0 Å². The number of halogens is 2. The number of benzene rings is 1. The Labute approximate surface area is 240 Å². The summed E-state index contributed by atoms with van der Waals surface area (Å²) in [7, 11) is 0. The van der Waals surface area contributed by atoms with Crippen LogP contribution in [0.1, 0.15) is 37.9 Å². The molecule has 3 aliphatic heterocycles. The zero-order valence-corrected chi connectivity index (χ0v) is 23.3. The van der Waals surface area contributed by atoms with Gasteiger partial charge < -0.3 is 10.4 Å². The van der Waals surface area contributed by atoms with Crippen LogP contribution in [0.15, 0.2) is 66.1 Å². The average molecular weight is 576 g/mol. The van der Waals surface area contributed by atoms with E-state index in [0.29, 0.717) is 43.1 Å². The van der Waals surface area contributed by atoms with E-state index in [4.69, 9.17) is 0 Å². The van der Waals surface area contributed by atoms with Gasteiger partial charge in [0.25, 0.3) is 11.5 Å². The number of anilines is 2. The summed E-state index contributed by atoms with van der Waals surface area (Å²) in [6, 6.07) is 9.33. The fourth-order valence-electron chi connectivity index (χ4n) is 5.84. The van der Waals surface area contributed by atoms with Gasteiger partial charge in [0.2, 0.25) is 5.95 Å². The second-order valence-electron chi connectivity index (χ2n) is 11.3. The normalized spacial score (nSPS) is 20.7. The van der Waals surface area contributed by atoms with Gasteiger partial charge in [0.15, 0.2) is 17.2 Å². The molecule has 42 heavy (non-hydrogen) atoms. The predicted octanol–water partition coefficient (Wildman–Crippen LogP) is 3.89. The molecule has 3 aromatic heterocycles. The van der Waals surface area contributed by atoms with Crippen molar-refractivity contribution in [3.63, 3.8) is 0 Å². The molecule has 3 fully saturated rings. The van der Waals surface area contributed by atoms with Crippen LogP contribution in [0.4, 0.5) is 20.4 Å². The van der Waals surface area contributed by atoms with Crippen molar-refractivity contribution in [1.82, 2.24) is 29.2 Å². The monoisotopic (exact) mass is 575 g/mol. The number of nitrogens with one attached hydrogen (secondary N) is 1. The number of hydrogen-bond donors (Lipinski definition) is 2. The lowest BCUT2D eigenvalue weighted by Gasteiger charge is -2.46. The van der Waals surface area contributed by atoms with Crippen molar-refractivity contribution in [3.8, 4) is 5.82 Å². The molecule has 6 heterocycles. The Balaban J connectivity index is 1.38. The highest BCUT2D eigenvalue weighted by atomic mass is 19.3. The van der Waals surface area contributed by atoms with Gasteiger partial charge >= 0.3 is 0 Å². The van der Waals surface area contributed by atoms with Gasteiger partial charge in [-0.3, -0.25) is 14.5 Å². The van der Waals surface area contributed by atoms with Gasteiger partial charge in [-0.2, -0.15) is 13.8 Å². The van der Waals surface area contributed by atoms with Gasteiger partial charge in [-0.25, -0.2) is 19.3 Å². The third-order valence-electron chi connectivity index (χ3n) is 7.97. The maximum absolute atomic E-state index is 15.8. The number of ketones is 1. The number of rotatable bonds is 8. The molecular weight excluding hydrogens is 544 g/mol. The molecule has 10 nitrogen and oxygen atoms in total. The van der Waals surface area contributed by atoms with E-state index in [-0.39, 0.29) is 40.6 Å². The first kappa shape index (κ1) is 27.9. The molecule has 218 valence electrons. The van der Waals surface area contributed by atoms with Gasteiger partial charge in [0, 0.05) is 23.4 Å². The molecule has 3 saturated heterocycles. The molecule has 1 aromatic carbocycles. The van der Waals surface area contributed by atoms with E-state index < -0.39 is 23.3 Å². The quantitative estimate of drug-likeness (QED) is 0.304. The van der Waals surface area contributed by atoms with Crippen molar-refractivity contribution in [2.24, 2.45) is 5.92 Å². The fraction of sp³-hybridized carbons (Fsp3) is 0.367. The lowest BCUT2D eigenvalue weighted by molar-refractivity contribution is -0.162. The summed E-state index contributed by atoms with van der Waals surface area (Å²) in [5.41, 5.74) is -0.938. The van der Waals surface area contributed by atoms with E-state index in [0.717, 1.165) is 0 Å². The number of carbonyl (C=O) groups excluding carboxylic acids is 1. The molecule has 0 radical (unpaired) electrons. The molecule has 0 saturated carbocycles. The highest BCUT2D eigenvalue weighted by Crippen LogP contribution is 2.42. The minimum absolute atomic E-state index is 0.0719. The number of hydrogen-bond acceptors (Lipinski definition) is 8. The van der Waals surface area contributed by atoms with Crippen LogP contribution < -0.4 is 10.9 Å². The molecule has 1 atom stereocenters. The van der Waals surface area contributed by atoms with E-state index >= 15 is 8.78 Å². The van der Waals surface area contributed by atoms with Crippen LogP contribution in [0, 0.1) is 5.92 Å². The second kappa shape index (κ2) is 10.2. The lowest BCUT2D eigenvalue weighted by Crippen LogP contribution is -2.61. The summed E-state index contributed by atoms with van der Waals surface area (Å²) in [4.78, 5) is 41.0. The van der Waals surface area contributed by atoms with Crippen molar-refractivity contribution in [1.29, 1.82) is 0 Å². The molecule has 0 spiro atoms. The molecule has 0 aliphatic carbocycles. The van der Waals surface area contributed by atoms with Crippen molar-refractivity contribution in [2.45, 2.75) is 50.8 Å². The number of nitrogens with zero attached hydrogens (tertiary/aromatic N) is 6. The Morgan fingerprint density at radius 3 is 2.55 bits per heavy atom. The summed E-state index contributed by atoms with van der Waals surface area (Å²) in [5, 5.41) is 13.7. The summed E-state index contributed by atoms with van der Waals surface area (Å²) < 4.78 is 34.4. The number of fused-ring (bicyclic) bond motifs is 4. The molecule has 1 unspecified atom stereocenters. The van der Waals surface area contributed by atoms with E-state index in [1.165, 1.54) is 33.8 Å². The van der Waals surface area contributed by atoms with Crippen molar-refractivity contribution in [3.05, 3.63) is 82.9 Å². The number of alkyl halides is 2. The number of Topliss-reactive ketones (excluding diaryl/α,β-unsaturated/α-hetero) is 1. The van der Waals surface area contributed by atoms with Gasteiger partial charge in [-0.15, -0.1) is 6.58 Å². The van der Waals surface area contributed by atoms with E-state index in [1.54, 1.807) is 49.1 Å². The van der Waals surface area contributed by atoms with E-state index in [2.05, 4.69) is 26.8 Å². The fourth-order valence-corrected chi connectivity index (χ4v) is 5.84. The first-order chi connectivity index (χ1) is 20.0. The standard InChI is InChI=1S/C30H31F2N7O3/c1-4-13-38-27(41)21-17-33-28(36-26(21)39(38)23-10-6-9-22(35-23)29(2,3)42)34-20-8-5-7-19(16-20)30(31,32)25-24(40)18-11-14-37(25)15-12-18/h4-10,16-18,25,42H,1,11-15H2,2-3H3,(H,33,34,36). The first-order valence-electron chi connectivity index (χ1n) is 13.8. The second-order valence-corrected chi connectivity index (χ2v) is 11.3. The minimum atomic E-state index is -3.38. The average Bonchev–Trinajstić information content (AvgIpc) is 3.24. The molecule has 2 bridgehead atoms. The highest BCUT2D eigenvalue weighted by Gasteiger charge is 2.54. The zero-order valence-electron chi connectivity index (χ0n) is 23.3. The van der Waals surface area contributed by atoms with Crippen LogP contribution in [0.25, 0.3) is 16.9 Å². The Bertz CT molecular complexity index is 1750. The van der Waals surface area contributed by atoms with Crippen LogP contribution in [0.3, 0.4) is 0 Å². The van der Waals surface area contributed by atoms with Gasteiger partial charge in [-0.05, 0) is 64.0 Å². The highest BCUT2D eigenvalue weighted by molar-refractivity contribution is 5.89. The summed E-state index contributed by atoms with van der Waals surface area (Å²) in [5.74, 6) is -3.66. The minimum Gasteiger partial charge on any atom is -0.384 e. The SMILES string of the molecule is C=CCn1c(=O)c2cnc(Nc3cccc(C(F)(F)C4C(=O)C5CCN4CC5)c3)nc2n1-c1cccc(C(C)(C)O)n1. The number of carbonyl (C=O) groups is 1. The molecule has 0 amide bonds. The Hall–Kier alpha value is -4.29. The molecule has 2 N–H and O–H groups in total. The molecular formula is C30H31F2N7O3. The lowest BCUT2D eigenvalue weighted by atomic mass is 9.78. The number of pyridine rings is 1.